The van der Waals surface area contributed by atoms with Crippen LogP contribution in [0.2, 0.25) is 5.02 Å². The molecular formula is C18H13ClN2O2. The van der Waals surface area contributed by atoms with Crippen molar-refractivity contribution in [2.75, 3.05) is 0 Å². The highest BCUT2D eigenvalue weighted by Gasteiger charge is 2.04. The first-order chi connectivity index (χ1) is 11.2. The SMILES string of the molecule is O=C(NN=Cc1ccc(-c2ccc(Cl)cc2)o1)c1ccccc1. The van der Waals surface area contributed by atoms with Crippen LogP contribution in [0.4, 0.5) is 0 Å². The summed E-state index contributed by atoms with van der Waals surface area (Å²) in [4.78, 5) is 11.8. The van der Waals surface area contributed by atoms with E-state index >= 15 is 0 Å². The first-order valence-electron chi connectivity index (χ1n) is 6.96. The summed E-state index contributed by atoms with van der Waals surface area (Å²) in [6.45, 7) is 0. The molecule has 3 aromatic rings. The lowest BCUT2D eigenvalue weighted by atomic mass is 10.2. The summed E-state index contributed by atoms with van der Waals surface area (Å²) < 4.78 is 5.65. The van der Waals surface area contributed by atoms with Crippen LogP contribution < -0.4 is 5.43 Å². The Bertz CT molecular complexity index is 824. The molecule has 0 radical (unpaired) electrons. The van der Waals surface area contributed by atoms with Gasteiger partial charge in [-0.05, 0) is 48.5 Å². The number of benzene rings is 2. The first-order valence-corrected chi connectivity index (χ1v) is 7.34. The van der Waals surface area contributed by atoms with Crippen molar-refractivity contribution >= 4 is 23.7 Å². The van der Waals surface area contributed by atoms with Crippen molar-refractivity contribution in [3.05, 3.63) is 83.1 Å². The summed E-state index contributed by atoms with van der Waals surface area (Å²) in [5.74, 6) is 0.979. The van der Waals surface area contributed by atoms with Crippen LogP contribution in [0.25, 0.3) is 11.3 Å². The summed E-state index contributed by atoms with van der Waals surface area (Å²) in [6, 6.07) is 19.8. The molecule has 0 spiro atoms. The van der Waals surface area contributed by atoms with Gasteiger partial charge in [-0.1, -0.05) is 29.8 Å². The maximum absolute atomic E-state index is 11.8. The lowest BCUT2D eigenvalue weighted by Crippen LogP contribution is -2.17. The van der Waals surface area contributed by atoms with E-state index in [0.29, 0.717) is 22.1 Å². The van der Waals surface area contributed by atoms with E-state index in [1.54, 1.807) is 42.5 Å². The number of carbonyl (C=O) groups excluding carboxylic acids is 1. The lowest BCUT2D eigenvalue weighted by molar-refractivity contribution is 0.0955. The Kier molecular flexibility index (Phi) is 4.54. The zero-order valence-corrected chi connectivity index (χ0v) is 12.8. The number of furan rings is 1. The van der Waals surface area contributed by atoms with Crippen molar-refractivity contribution < 1.29 is 9.21 Å². The summed E-state index contributed by atoms with van der Waals surface area (Å²) in [5, 5.41) is 4.57. The van der Waals surface area contributed by atoms with Gasteiger partial charge in [0, 0.05) is 16.1 Å². The van der Waals surface area contributed by atoms with Gasteiger partial charge in [0.05, 0.1) is 6.21 Å². The van der Waals surface area contributed by atoms with Crippen LogP contribution in [0.3, 0.4) is 0 Å². The maximum atomic E-state index is 11.8. The lowest BCUT2D eigenvalue weighted by Gasteiger charge is -1.98. The molecule has 0 aliphatic rings. The Morgan fingerprint density at radius 3 is 2.48 bits per heavy atom. The second kappa shape index (κ2) is 6.94. The smallest absolute Gasteiger partial charge is 0.271 e. The van der Waals surface area contributed by atoms with Gasteiger partial charge in [0.1, 0.15) is 11.5 Å². The Morgan fingerprint density at radius 1 is 1.00 bits per heavy atom. The molecule has 0 fully saturated rings. The van der Waals surface area contributed by atoms with E-state index in [0.717, 1.165) is 5.56 Å². The second-order valence-electron chi connectivity index (χ2n) is 4.77. The molecule has 0 saturated carbocycles. The van der Waals surface area contributed by atoms with E-state index in [1.807, 2.05) is 24.3 Å². The molecule has 3 rings (SSSR count). The standard InChI is InChI=1S/C18H13ClN2O2/c19-15-8-6-13(7-9-15)17-11-10-16(23-17)12-20-21-18(22)14-4-2-1-3-5-14/h1-12H,(H,21,22). The quantitative estimate of drug-likeness (QED) is 0.572. The molecule has 1 amide bonds. The molecule has 0 aliphatic carbocycles. The number of hydrazone groups is 1. The highest BCUT2D eigenvalue weighted by molar-refractivity contribution is 6.30. The van der Waals surface area contributed by atoms with Crippen LogP contribution in [0.5, 0.6) is 0 Å². The van der Waals surface area contributed by atoms with Crippen LogP contribution in [0.1, 0.15) is 16.1 Å². The minimum atomic E-state index is -0.272. The van der Waals surface area contributed by atoms with Gasteiger partial charge < -0.3 is 4.42 Å². The van der Waals surface area contributed by atoms with Gasteiger partial charge in [0.2, 0.25) is 0 Å². The molecule has 23 heavy (non-hydrogen) atoms. The molecular weight excluding hydrogens is 312 g/mol. The number of amides is 1. The second-order valence-corrected chi connectivity index (χ2v) is 5.21. The molecule has 5 heteroatoms. The highest BCUT2D eigenvalue weighted by atomic mass is 35.5. The minimum Gasteiger partial charge on any atom is -0.455 e. The molecule has 0 bridgehead atoms. The summed E-state index contributed by atoms with van der Waals surface area (Å²) in [5.41, 5.74) is 3.92. The van der Waals surface area contributed by atoms with Crippen LogP contribution in [0, 0.1) is 0 Å². The largest absolute Gasteiger partial charge is 0.455 e. The molecule has 0 unspecified atom stereocenters. The number of rotatable bonds is 4. The fourth-order valence-corrected chi connectivity index (χ4v) is 2.13. The molecule has 2 aromatic carbocycles. The van der Waals surface area contributed by atoms with Gasteiger partial charge in [-0.2, -0.15) is 5.10 Å². The van der Waals surface area contributed by atoms with Crippen LogP contribution in [-0.4, -0.2) is 12.1 Å². The van der Waals surface area contributed by atoms with E-state index < -0.39 is 0 Å². The topological polar surface area (TPSA) is 54.6 Å². The molecule has 0 aliphatic heterocycles. The predicted octanol–water partition coefficient (Wildman–Crippen LogP) is 4.36. The van der Waals surface area contributed by atoms with Crippen molar-refractivity contribution in [3.63, 3.8) is 0 Å². The van der Waals surface area contributed by atoms with Crippen LogP contribution in [-0.2, 0) is 0 Å². The first kappa shape index (κ1) is 15.1. The number of hydrogen-bond donors (Lipinski definition) is 1. The van der Waals surface area contributed by atoms with Gasteiger partial charge in [0.25, 0.3) is 5.91 Å². The average Bonchev–Trinajstić information content (AvgIpc) is 3.05. The van der Waals surface area contributed by atoms with Gasteiger partial charge in [0.15, 0.2) is 0 Å². The van der Waals surface area contributed by atoms with Gasteiger partial charge in [-0.15, -0.1) is 0 Å². The molecule has 1 aromatic heterocycles. The average molecular weight is 325 g/mol. The zero-order chi connectivity index (χ0) is 16.1. The molecule has 0 saturated heterocycles. The van der Waals surface area contributed by atoms with E-state index in [9.17, 15) is 4.79 Å². The molecule has 0 atom stereocenters. The number of carbonyl (C=O) groups is 1. The monoisotopic (exact) mass is 324 g/mol. The third kappa shape index (κ3) is 3.87. The van der Waals surface area contributed by atoms with Gasteiger partial charge in [-0.25, -0.2) is 5.43 Å². The van der Waals surface area contributed by atoms with Crippen LogP contribution >= 0.6 is 11.6 Å². The van der Waals surface area contributed by atoms with Crippen LogP contribution in [0.15, 0.2) is 76.2 Å². The third-order valence-electron chi connectivity index (χ3n) is 3.15. The van der Waals surface area contributed by atoms with Crippen molar-refractivity contribution in [3.8, 4) is 11.3 Å². The number of hydrogen-bond acceptors (Lipinski definition) is 3. The summed E-state index contributed by atoms with van der Waals surface area (Å²) in [6.07, 6.45) is 1.46. The number of nitrogens with zero attached hydrogens (tertiary/aromatic N) is 1. The van der Waals surface area contributed by atoms with Gasteiger partial charge in [-0.3, -0.25) is 4.79 Å². The normalized spacial score (nSPS) is 10.8. The van der Waals surface area contributed by atoms with E-state index in [4.69, 9.17) is 16.0 Å². The summed E-state index contributed by atoms with van der Waals surface area (Å²) >= 11 is 5.86. The van der Waals surface area contributed by atoms with Crippen molar-refractivity contribution in [2.45, 2.75) is 0 Å². The van der Waals surface area contributed by atoms with Gasteiger partial charge >= 0.3 is 0 Å². The maximum Gasteiger partial charge on any atom is 0.271 e. The number of halogens is 1. The van der Waals surface area contributed by atoms with Crippen molar-refractivity contribution in [1.29, 1.82) is 0 Å². The van der Waals surface area contributed by atoms with Crippen molar-refractivity contribution in [2.24, 2.45) is 5.10 Å². The summed E-state index contributed by atoms with van der Waals surface area (Å²) in [7, 11) is 0. The molecule has 1 N–H and O–H groups in total. The van der Waals surface area contributed by atoms with E-state index in [-0.39, 0.29) is 5.91 Å². The Balaban J connectivity index is 1.65. The van der Waals surface area contributed by atoms with E-state index in [2.05, 4.69) is 10.5 Å². The molecule has 114 valence electrons. The Morgan fingerprint density at radius 2 is 1.74 bits per heavy atom. The number of nitrogens with one attached hydrogen (secondary N) is 1. The highest BCUT2D eigenvalue weighted by Crippen LogP contribution is 2.23. The fraction of sp³-hybridized carbons (Fsp3) is 0. The zero-order valence-electron chi connectivity index (χ0n) is 12.1. The fourth-order valence-electron chi connectivity index (χ4n) is 2.00. The molecule has 1 heterocycles. The molecule has 4 nitrogen and oxygen atoms in total. The Hall–Kier alpha value is -2.85. The minimum absolute atomic E-state index is 0.272. The van der Waals surface area contributed by atoms with Crippen molar-refractivity contribution in [1.82, 2.24) is 5.43 Å². The third-order valence-corrected chi connectivity index (χ3v) is 3.40. The Labute approximate surface area is 138 Å². The predicted molar refractivity (Wildman–Crippen MR) is 90.7 cm³/mol. The van der Waals surface area contributed by atoms with E-state index in [1.165, 1.54) is 6.21 Å².